The summed E-state index contributed by atoms with van der Waals surface area (Å²) in [4.78, 5) is 9.06. The summed E-state index contributed by atoms with van der Waals surface area (Å²) in [6.45, 7) is 7.39. The van der Waals surface area contributed by atoms with Crippen LogP contribution >= 0.6 is 0 Å². The van der Waals surface area contributed by atoms with Crippen LogP contribution in [0.1, 0.15) is 32.3 Å². The van der Waals surface area contributed by atoms with Gasteiger partial charge < -0.3 is 5.32 Å². The maximum Gasteiger partial charge on any atom is 0.130 e. The number of hydrogen-bond donors (Lipinski definition) is 1. The summed E-state index contributed by atoms with van der Waals surface area (Å²) >= 11 is 0. The van der Waals surface area contributed by atoms with Gasteiger partial charge in [-0.05, 0) is 30.5 Å². The van der Waals surface area contributed by atoms with Crippen molar-refractivity contribution in [1.82, 2.24) is 9.97 Å². The van der Waals surface area contributed by atoms with Gasteiger partial charge in [0.25, 0.3) is 0 Å². The van der Waals surface area contributed by atoms with Crippen LogP contribution in [0.15, 0.2) is 36.7 Å². The Hall–Kier alpha value is -2.16. The molecule has 1 aromatic carbocycles. The SMILES string of the molecule is CCNc1nc2c(ccc3cnccc32)cc1C(C)C. The number of benzene rings is 1. The normalized spacial score (nSPS) is 11.4. The molecule has 0 fully saturated rings. The zero-order valence-electron chi connectivity index (χ0n) is 12.1. The number of hydrogen-bond acceptors (Lipinski definition) is 3. The molecule has 0 saturated heterocycles. The Morgan fingerprint density at radius 2 is 1.95 bits per heavy atom. The summed E-state index contributed by atoms with van der Waals surface area (Å²) in [5.74, 6) is 1.45. The average Bonchev–Trinajstić information content (AvgIpc) is 2.46. The van der Waals surface area contributed by atoms with E-state index in [1.165, 1.54) is 10.9 Å². The van der Waals surface area contributed by atoms with Crippen LogP contribution in [-0.4, -0.2) is 16.5 Å². The van der Waals surface area contributed by atoms with Gasteiger partial charge in [-0.1, -0.05) is 26.0 Å². The van der Waals surface area contributed by atoms with Gasteiger partial charge >= 0.3 is 0 Å². The second-order valence-corrected chi connectivity index (χ2v) is 5.35. The zero-order valence-corrected chi connectivity index (χ0v) is 12.1. The molecule has 0 bridgehead atoms. The van der Waals surface area contributed by atoms with E-state index in [-0.39, 0.29) is 0 Å². The lowest BCUT2D eigenvalue weighted by Crippen LogP contribution is -2.05. The molecule has 3 heteroatoms. The Balaban J connectivity index is 2.35. The van der Waals surface area contributed by atoms with Crippen molar-refractivity contribution in [2.75, 3.05) is 11.9 Å². The van der Waals surface area contributed by atoms with Gasteiger partial charge in [0.1, 0.15) is 5.82 Å². The van der Waals surface area contributed by atoms with Gasteiger partial charge in [-0.2, -0.15) is 0 Å². The molecule has 0 radical (unpaired) electrons. The van der Waals surface area contributed by atoms with E-state index in [1.807, 2.05) is 18.5 Å². The Morgan fingerprint density at radius 3 is 2.70 bits per heavy atom. The lowest BCUT2D eigenvalue weighted by molar-refractivity contribution is 0.862. The van der Waals surface area contributed by atoms with Crippen molar-refractivity contribution in [3.8, 4) is 0 Å². The molecule has 2 heterocycles. The first-order valence-corrected chi connectivity index (χ1v) is 7.12. The minimum atomic E-state index is 0.453. The Kier molecular flexibility index (Phi) is 3.26. The topological polar surface area (TPSA) is 37.8 Å². The summed E-state index contributed by atoms with van der Waals surface area (Å²) in [6, 6.07) is 8.54. The number of aromatic nitrogens is 2. The highest BCUT2D eigenvalue weighted by atomic mass is 15.0. The number of fused-ring (bicyclic) bond motifs is 3. The molecule has 2 aromatic heterocycles. The fourth-order valence-electron chi connectivity index (χ4n) is 2.57. The second-order valence-electron chi connectivity index (χ2n) is 5.35. The highest BCUT2D eigenvalue weighted by molar-refractivity contribution is 6.05. The number of nitrogens with zero attached hydrogens (tertiary/aromatic N) is 2. The van der Waals surface area contributed by atoms with E-state index in [0.717, 1.165) is 28.7 Å². The Labute approximate surface area is 119 Å². The largest absolute Gasteiger partial charge is 0.370 e. The minimum absolute atomic E-state index is 0.453. The fraction of sp³-hybridized carbons (Fsp3) is 0.294. The predicted molar refractivity (Wildman–Crippen MR) is 85.3 cm³/mol. The van der Waals surface area contributed by atoms with Crippen LogP contribution < -0.4 is 5.32 Å². The predicted octanol–water partition coefficient (Wildman–Crippen LogP) is 4.34. The molecular formula is C17H19N3. The number of nitrogens with one attached hydrogen (secondary N) is 1. The molecule has 0 saturated carbocycles. The van der Waals surface area contributed by atoms with Crippen molar-refractivity contribution in [3.63, 3.8) is 0 Å². The molecule has 1 N–H and O–H groups in total. The average molecular weight is 265 g/mol. The third-order valence-electron chi connectivity index (χ3n) is 3.60. The van der Waals surface area contributed by atoms with Gasteiger partial charge in [-0.15, -0.1) is 0 Å². The Bertz CT molecular complexity index is 763. The summed E-state index contributed by atoms with van der Waals surface area (Å²) < 4.78 is 0. The molecule has 3 rings (SSSR count). The first-order chi connectivity index (χ1) is 9.70. The van der Waals surface area contributed by atoms with E-state index < -0.39 is 0 Å². The lowest BCUT2D eigenvalue weighted by Gasteiger charge is -2.15. The van der Waals surface area contributed by atoms with E-state index in [9.17, 15) is 0 Å². The molecule has 3 aromatic rings. The van der Waals surface area contributed by atoms with Crippen molar-refractivity contribution in [2.45, 2.75) is 26.7 Å². The highest BCUT2D eigenvalue weighted by Crippen LogP contribution is 2.30. The van der Waals surface area contributed by atoms with Crippen LogP contribution in [0.2, 0.25) is 0 Å². The van der Waals surface area contributed by atoms with Crippen LogP contribution in [0.4, 0.5) is 5.82 Å². The van der Waals surface area contributed by atoms with Crippen molar-refractivity contribution in [1.29, 1.82) is 0 Å². The first kappa shape index (κ1) is 12.9. The molecule has 102 valence electrons. The maximum absolute atomic E-state index is 4.88. The third-order valence-corrected chi connectivity index (χ3v) is 3.60. The molecule has 0 atom stereocenters. The van der Waals surface area contributed by atoms with Crippen molar-refractivity contribution in [2.24, 2.45) is 0 Å². The molecule has 0 amide bonds. The van der Waals surface area contributed by atoms with Gasteiger partial charge in [-0.3, -0.25) is 4.98 Å². The van der Waals surface area contributed by atoms with E-state index in [2.05, 4.69) is 49.3 Å². The standard InChI is InChI=1S/C17H19N3/c1-4-19-17-15(11(2)3)9-12-5-6-13-10-18-8-7-14(13)16(12)20-17/h5-11H,4H2,1-3H3,(H,19,20). The van der Waals surface area contributed by atoms with Crippen LogP contribution in [-0.2, 0) is 0 Å². The highest BCUT2D eigenvalue weighted by Gasteiger charge is 2.11. The second kappa shape index (κ2) is 5.08. The smallest absolute Gasteiger partial charge is 0.130 e. The molecular weight excluding hydrogens is 246 g/mol. The minimum Gasteiger partial charge on any atom is -0.370 e. The van der Waals surface area contributed by atoms with Gasteiger partial charge in [0, 0.05) is 35.1 Å². The molecule has 0 aliphatic heterocycles. The summed E-state index contributed by atoms with van der Waals surface area (Å²) in [6.07, 6.45) is 3.71. The van der Waals surface area contributed by atoms with Gasteiger partial charge in [0.05, 0.1) is 5.52 Å². The summed E-state index contributed by atoms with van der Waals surface area (Å²) in [7, 11) is 0. The number of pyridine rings is 2. The van der Waals surface area contributed by atoms with Crippen LogP contribution in [0.3, 0.4) is 0 Å². The van der Waals surface area contributed by atoms with Gasteiger partial charge in [-0.25, -0.2) is 4.98 Å². The lowest BCUT2D eigenvalue weighted by atomic mass is 10.00. The Morgan fingerprint density at radius 1 is 1.15 bits per heavy atom. The van der Waals surface area contributed by atoms with Crippen LogP contribution in [0.5, 0.6) is 0 Å². The fourth-order valence-corrected chi connectivity index (χ4v) is 2.57. The van der Waals surface area contributed by atoms with Crippen molar-refractivity contribution < 1.29 is 0 Å². The monoisotopic (exact) mass is 265 g/mol. The number of rotatable bonds is 3. The van der Waals surface area contributed by atoms with E-state index in [0.29, 0.717) is 5.92 Å². The van der Waals surface area contributed by atoms with Gasteiger partial charge in [0.2, 0.25) is 0 Å². The molecule has 0 aliphatic carbocycles. The van der Waals surface area contributed by atoms with E-state index in [4.69, 9.17) is 4.98 Å². The zero-order chi connectivity index (χ0) is 14.1. The van der Waals surface area contributed by atoms with Crippen molar-refractivity contribution in [3.05, 3.63) is 42.2 Å². The maximum atomic E-state index is 4.88. The van der Waals surface area contributed by atoms with Crippen LogP contribution in [0, 0.1) is 0 Å². The quantitative estimate of drug-likeness (QED) is 0.716. The number of anilines is 1. The third kappa shape index (κ3) is 2.09. The summed E-state index contributed by atoms with van der Waals surface area (Å²) in [5.41, 5.74) is 2.32. The first-order valence-electron chi connectivity index (χ1n) is 7.12. The molecule has 3 nitrogen and oxygen atoms in total. The van der Waals surface area contributed by atoms with E-state index >= 15 is 0 Å². The summed E-state index contributed by atoms with van der Waals surface area (Å²) in [5, 5.41) is 6.87. The molecule has 0 aliphatic rings. The van der Waals surface area contributed by atoms with E-state index in [1.54, 1.807) is 0 Å². The van der Waals surface area contributed by atoms with Gasteiger partial charge in [0.15, 0.2) is 0 Å². The van der Waals surface area contributed by atoms with Crippen LogP contribution in [0.25, 0.3) is 21.7 Å². The molecule has 0 spiro atoms. The molecule has 20 heavy (non-hydrogen) atoms. The van der Waals surface area contributed by atoms with Crippen molar-refractivity contribution >= 4 is 27.5 Å². The molecule has 0 unspecified atom stereocenters.